The summed E-state index contributed by atoms with van der Waals surface area (Å²) < 4.78 is 0. The number of hydrogen-bond donors (Lipinski definition) is 4. The average molecular weight is 438 g/mol. The molecular weight excluding hydrogens is 414 g/mol. The van der Waals surface area contributed by atoms with E-state index in [0.29, 0.717) is 22.9 Å². The Bertz CT molecular complexity index is 1080. The maximum absolute atomic E-state index is 11.8. The number of unbranched alkanes of at least 4 members (excludes halogenated alkanes) is 1. The van der Waals surface area contributed by atoms with Crippen molar-refractivity contribution in [3.05, 3.63) is 71.9 Å². The number of hydrogen-bond acceptors (Lipinski definition) is 5. The zero-order valence-corrected chi connectivity index (χ0v) is 17.7. The number of nitrogens with two attached hydrogens (primary N) is 1. The van der Waals surface area contributed by atoms with Crippen molar-refractivity contribution < 1.29 is 9.59 Å². The summed E-state index contributed by atoms with van der Waals surface area (Å²) in [6.07, 6.45) is 5.85. The number of nitrogen functional groups attached to an aromatic ring is 1. The third-order valence-electron chi connectivity index (χ3n) is 4.49. The molecule has 0 saturated carbocycles. The number of carbonyl (C=O) groups excluding carboxylic acids is 2. The number of amides is 2. The number of nitrogens with zero attached hydrogens (tertiary/aromatic N) is 1. The number of rotatable bonds is 9. The molecule has 7 nitrogen and oxygen atoms in total. The van der Waals surface area contributed by atoms with Gasteiger partial charge in [0.1, 0.15) is 0 Å². The van der Waals surface area contributed by atoms with Crippen LogP contribution in [0.1, 0.15) is 12.8 Å². The number of benzene rings is 2. The molecular formula is C23H24ClN5O2. The van der Waals surface area contributed by atoms with Gasteiger partial charge in [0.2, 0.25) is 11.8 Å². The van der Waals surface area contributed by atoms with Crippen LogP contribution in [-0.2, 0) is 9.59 Å². The predicted octanol–water partition coefficient (Wildman–Crippen LogP) is 3.97. The normalized spacial score (nSPS) is 10.9. The third kappa shape index (κ3) is 7.01. The minimum absolute atomic E-state index is 0.308. The number of carbonyl (C=O) groups is 2. The minimum atomic E-state index is -0.380. The molecule has 8 heteroatoms. The highest BCUT2D eigenvalue weighted by Crippen LogP contribution is 2.24. The maximum atomic E-state index is 11.8. The summed E-state index contributed by atoms with van der Waals surface area (Å²) in [6, 6.07) is 14.3. The number of aromatic nitrogens is 1. The summed E-state index contributed by atoms with van der Waals surface area (Å²) in [6.45, 7) is 1.29. The molecule has 160 valence electrons. The molecule has 1 heterocycles. The Balaban J connectivity index is 1.33. The van der Waals surface area contributed by atoms with E-state index in [9.17, 15) is 9.59 Å². The molecule has 0 atom stereocenters. The molecule has 0 spiro atoms. The molecule has 2 amide bonds. The van der Waals surface area contributed by atoms with E-state index in [2.05, 4.69) is 20.9 Å². The molecule has 0 aliphatic heterocycles. The lowest BCUT2D eigenvalue weighted by Crippen LogP contribution is -2.23. The molecule has 0 radical (unpaired) electrons. The van der Waals surface area contributed by atoms with Crippen molar-refractivity contribution in [3.8, 4) is 0 Å². The van der Waals surface area contributed by atoms with Gasteiger partial charge in [0.25, 0.3) is 0 Å². The van der Waals surface area contributed by atoms with Gasteiger partial charge < -0.3 is 21.7 Å². The molecule has 5 N–H and O–H groups in total. The lowest BCUT2D eigenvalue weighted by atomic mass is 10.2. The van der Waals surface area contributed by atoms with Crippen molar-refractivity contribution in [2.75, 3.05) is 29.5 Å². The Labute approximate surface area is 185 Å². The van der Waals surface area contributed by atoms with Gasteiger partial charge >= 0.3 is 0 Å². The predicted molar refractivity (Wildman–Crippen MR) is 126 cm³/mol. The fourth-order valence-corrected chi connectivity index (χ4v) is 3.09. The van der Waals surface area contributed by atoms with Crippen LogP contribution in [0.15, 0.2) is 66.9 Å². The SMILES string of the molecule is Nc1ccc(NC(=O)/C=C/C(=O)NCCCCNc2ccnc3cc(Cl)ccc23)cc1. The van der Waals surface area contributed by atoms with E-state index < -0.39 is 0 Å². The van der Waals surface area contributed by atoms with E-state index in [1.165, 1.54) is 12.2 Å². The second-order valence-corrected chi connectivity index (χ2v) is 7.33. The molecule has 3 aromatic rings. The van der Waals surface area contributed by atoms with Crippen LogP contribution < -0.4 is 21.7 Å². The van der Waals surface area contributed by atoms with Crippen LogP contribution >= 0.6 is 11.6 Å². The Hall–Kier alpha value is -3.58. The molecule has 1 aromatic heterocycles. The highest BCUT2D eigenvalue weighted by molar-refractivity contribution is 6.31. The Morgan fingerprint density at radius 1 is 0.968 bits per heavy atom. The molecule has 31 heavy (non-hydrogen) atoms. The van der Waals surface area contributed by atoms with Gasteiger partial charge in [0, 0.05) is 58.9 Å². The maximum Gasteiger partial charge on any atom is 0.248 e. The van der Waals surface area contributed by atoms with Gasteiger partial charge in [-0.3, -0.25) is 14.6 Å². The van der Waals surface area contributed by atoms with Gasteiger partial charge in [-0.1, -0.05) is 11.6 Å². The highest BCUT2D eigenvalue weighted by Gasteiger charge is 2.03. The first-order valence-corrected chi connectivity index (χ1v) is 10.3. The first-order valence-electron chi connectivity index (χ1n) is 9.92. The van der Waals surface area contributed by atoms with Crippen LogP contribution in [-0.4, -0.2) is 29.9 Å². The fourth-order valence-electron chi connectivity index (χ4n) is 2.92. The molecule has 0 bridgehead atoms. The van der Waals surface area contributed by atoms with Gasteiger partial charge in [-0.25, -0.2) is 0 Å². The zero-order chi connectivity index (χ0) is 22.1. The summed E-state index contributed by atoms with van der Waals surface area (Å²) in [5.41, 5.74) is 8.67. The van der Waals surface area contributed by atoms with Crippen LogP contribution in [0.2, 0.25) is 5.02 Å². The third-order valence-corrected chi connectivity index (χ3v) is 4.72. The van der Waals surface area contributed by atoms with Crippen LogP contribution in [0.5, 0.6) is 0 Å². The second-order valence-electron chi connectivity index (χ2n) is 6.89. The summed E-state index contributed by atoms with van der Waals surface area (Å²) in [5, 5.41) is 10.5. The van der Waals surface area contributed by atoms with Crippen molar-refractivity contribution in [2.45, 2.75) is 12.8 Å². The summed E-state index contributed by atoms with van der Waals surface area (Å²) in [4.78, 5) is 28.0. The fraction of sp³-hybridized carbons (Fsp3) is 0.174. The van der Waals surface area contributed by atoms with Crippen molar-refractivity contribution >= 4 is 51.4 Å². The molecule has 0 unspecified atom stereocenters. The van der Waals surface area contributed by atoms with Crippen molar-refractivity contribution in [2.24, 2.45) is 0 Å². The Morgan fingerprint density at radius 3 is 2.52 bits per heavy atom. The van der Waals surface area contributed by atoms with Gasteiger partial charge in [0.15, 0.2) is 0 Å². The zero-order valence-electron chi connectivity index (χ0n) is 16.9. The largest absolute Gasteiger partial charge is 0.399 e. The van der Waals surface area contributed by atoms with Crippen molar-refractivity contribution in [1.82, 2.24) is 10.3 Å². The number of fused-ring (bicyclic) bond motifs is 1. The first kappa shape index (κ1) is 22.1. The highest BCUT2D eigenvalue weighted by atomic mass is 35.5. The number of nitrogens with one attached hydrogen (secondary N) is 3. The molecule has 0 aliphatic rings. The molecule has 0 aliphatic carbocycles. The molecule has 0 fully saturated rings. The Morgan fingerprint density at radius 2 is 1.71 bits per heavy atom. The summed E-state index contributed by atoms with van der Waals surface area (Å²) in [5.74, 6) is -0.688. The number of anilines is 3. The Kier molecular flexibility index (Phi) is 7.84. The smallest absolute Gasteiger partial charge is 0.248 e. The van der Waals surface area contributed by atoms with Crippen LogP contribution in [0.3, 0.4) is 0 Å². The van der Waals surface area contributed by atoms with E-state index in [0.717, 1.165) is 36.0 Å². The first-order chi connectivity index (χ1) is 15.0. The summed E-state index contributed by atoms with van der Waals surface area (Å²) >= 11 is 6.01. The minimum Gasteiger partial charge on any atom is -0.399 e. The lowest BCUT2D eigenvalue weighted by molar-refractivity contribution is -0.117. The van der Waals surface area contributed by atoms with E-state index >= 15 is 0 Å². The molecule has 3 rings (SSSR count). The number of pyridine rings is 1. The van der Waals surface area contributed by atoms with Gasteiger partial charge in [-0.2, -0.15) is 0 Å². The van der Waals surface area contributed by atoms with Gasteiger partial charge in [-0.15, -0.1) is 0 Å². The van der Waals surface area contributed by atoms with Crippen molar-refractivity contribution in [3.63, 3.8) is 0 Å². The van der Waals surface area contributed by atoms with E-state index in [1.54, 1.807) is 30.5 Å². The number of halogens is 1. The molecule has 0 saturated heterocycles. The van der Waals surface area contributed by atoms with Crippen LogP contribution in [0, 0.1) is 0 Å². The standard InChI is InChI=1S/C23H24ClN5O2/c24-16-3-8-19-20(11-14-27-21(19)15-16)26-12-1-2-13-28-22(30)9-10-23(31)29-18-6-4-17(25)5-7-18/h3-11,14-15H,1-2,12-13,25H2,(H,26,27)(H,28,30)(H,29,31)/b10-9+. The second kappa shape index (κ2) is 11.0. The van der Waals surface area contributed by atoms with Crippen LogP contribution in [0.4, 0.5) is 17.1 Å². The van der Waals surface area contributed by atoms with E-state index in [-0.39, 0.29) is 11.8 Å². The monoisotopic (exact) mass is 437 g/mol. The quantitative estimate of drug-likeness (QED) is 0.230. The van der Waals surface area contributed by atoms with Crippen LogP contribution in [0.25, 0.3) is 10.9 Å². The summed E-state index contributed by atoms with van der Waals surface area (Å²) in [7, 11) is 0. The van der Waals surface area contributed by atoms with Crippen molar-refractivity contribution in [1.29, 1.82) is 0 Å². The lowest BCUT2D eigenvalue weighted by Gasteiger charge is -2.09. The van der Waals surface area contributed by atoms with E-state index in [4.69, 9.17) is 17.3 Å². The molecule has 2 aromatic carbocycles. The van der Waals surface area contributed by atoms with Gasteiger partial charge in [0.05, 0.1) is 5.52 Å². The average Bonchev–Trinajstić information content (AvgIpc) is 2.76. The topological polar surface area (TPSA) is 109 Å². The van der Waals surface area contributed by atoms with Gasteiger partial charge in [-0.05, 0) is 61.4 Å². The van der Waals surface area contributed by atoms with E-state index in [1.807, 2.05) is 24.3 Å².